The summed E-state index contributed by atoms with van der Waals surface area (Å²) in [5.74, 6) is -1.13. The topological polar surface area (TPSA) is 78.4 Å². The Morgan fingerprint density at radius 3 is 2.71 bits per heavy atom. The van der Waals surface area contributed by atoms with Gasteiger partial charge in [-0.25, -0.2) is 4.79 Å². The average molecular weight is 310 g/mol. The van der Waals surface area contributed by atoms with Gasteiger partial charge in [0.2, 0.25) is 5.91 Å². The molecular formula is C15H22N2O3S. The largest absolute Gasteiger partial charge is 0.479 e. The maximum absolute atomic E-state index is 12.7. The molecule has 6 heteroatoms. The van der Waals surface area contributed by atoms with Gasteiger partial charge >= 0.3 is 5.97 Å². The van der Waals surface area contributed by atoms with Crippen LogP contribution in [0.1, 0.15) is 43.5 Å². The zero-order valence-corrected chi connectivity index (χ0v) is 13.0. The van der Waals surface area contributed by atoms with Gasteiger partial charge in [0.05, 0.1) is 5.41 Å². The van der Waals surface area contributed by atoms with Crippen molar-refractivity contribution in [3.8, 4) is 0 Å². The van der Waals surface area contributed by atoms with Gasteiger partial charge in [-0.2, -0.15) is 0 Å². The van der Waals surface area contributed by atoms with E-state index in [2.05, 4.69) is 17.6 Å². The van der Waals surface area contributed by atoms with Crippen LogP contribution in [0, 0.1) is 5.41 Å². The van der Waals surface area contributed by atoms with Gasteiger partial charge in [-0.1, -0.05) is 19.4 Å². The van der Waals surface area contributed by atoms with E-state index in [-0.39, 0.29) is 5.91 Å². The Hall–Kier alpha value is -1.40. The Morgan fingerprint density at radius 2 is 2.19 bits per heavy atom. The first-order chi connectivity index (χ1) is 10.1. The molecule has 1 aliphatic rings. The first kappa shape index (κ1) is 16.0. The van der Waals surface area contributed by atoms with Gasteiger partial charge < -0.3 is 15.7 Å². The van der Waals surface area contributed by atoms with E-state index >= 15 is 0 Å². The molecule has 116 valence electrons. The number of carboxylic acid groups (broad SMARTS) is 1. The molecule has 5 nitrogen and oxygen atoms in total. The molecule has 1 amide bonds. The summed E-state index contributed by atoms with van der Waals surface area (Å²) >= 11 is 1.35. The summed E-state index contributed by atoms with van der Waals surface area (Å²) in [6.45, 7) is 3.68. The smallest absolute Gasteiger partial charge is 0.331 e. The lowest BCUT2D eigenvalue weighted by Gasteiger charge is -2.36. The molecule has 1 aliphatic heterocycles. The highest BCUT2D eigenvalue weighted by Gasteiger charge is 2.40. The van der Waals surface area contributed by atoms with Crippen molar-refractivity contribution in [2.75, 3.05) is 13.1 Å². The first-order valence-corrected chi connectivity index (χ1v) is 8.25. The van der Waals surface area contributed by atoms with Crippen molar-refractivity contribution < 1.29 is 14.7 Å². The third-order valence-corrected chi connectivity index (χ3v) is 5.06. The Morgan fingerprint density at radius 1 is 1.48 bits per heavy atom. The Bertz CT molecular complexity index is 476. The lowest BCUT2D eigenvalue weighted by Crippen LogP contribution is -2.49. The molecule has 0 saturated carbocycles. The molecule has 0 bridgehead atoms. The van der Waals surface area contributed by atoms with E-state index in [4.69, 9.17) is 0 Å². The number of carboxylic acids is 1. The predicted octanol–water partition coefficient (Wildman–Crippen LogP) is 2.16. The molecular weight excluding hydrogens is 288 g/mol. The minimum atomic E-state index is -1.01. The summed E-state index contributed by atoms with van der Waals surface area (Å²) in [6, 6.07) is 2.61. The average Bonchev–Trinajstić information content (AvgIpc) is 2.99. The Kier molecular flexibility index (Phi) is 5.36. The third-order valence-electron chi connectivity index (χ3n) is 4.12. The molecule has 1 atom stereocenters. The summed E-state index contributed by atoms with van der Waals surface area (Å²) < 4.78 is 0. The van der Waals surface area contributed by atoms with Gasteiger partial charge in [-0.3, -0.25) is 4.79 Å². The van der Waals surface area contributed by atoms with Crippen LogP contribution in [0.15, 0.2) is 17.5 Å². The second-order valence-corrected chi connectivity index (χ2v) is 6.52. The number of rotatable bonds is 6. The summed E-state index contributed by atoms with van der Waals surface area (Å²) in [6.07, 6.45) is 3.26. The predicted molar refractivity (Wildman–Crippen MR) is 82.3 cm³/mol. The van der Waals surface area contributed by atoms with Crippen LogP contribution in [0.4, 0.5) is 0 Å². The standard InChI is InChI=1S/C15H22N2O3S/c1-2-5-15(6-8-16-9-7-15)14(20)17-12(13(18)19)11-4-3-10-21-11/h3-4,10,12,16H,2,5-9H2,1H3,(H,17,20)(H,18,19). The van der Waals surface area contributed by atoms with Gasteiger partial charge in [0.15, 0.2) is 6.04 Å². The van der Waals surface area contributed by atoms with Crippen molar-refractivity contribution in [3.05, 3.63) is 22.4 Å². The highest BCUT2D eigenvalue weighted by atomic mass is 32.1. The van der Waals surface area contributed by atoms with Gasteiger partial charge in [-0.05, 0) is 43.8 Å². The number of nitrogens with one attached hydrogen (secondary N) is 2. The van der Waals surface area contributed by atoms with E-state index in [1.54, 1.807) is 12.1 Å². The van der Waals surface area contributed by atoms with Gasteiger partial charge in [0, 0.05) is 4.88 Å². The zero-order chi connectivity index (χ0) is 15.3. The summed E-state index contributed by atoms with van der Waals surface area (Å²) in [5.41, 5.74) is -0.426. The fourth-order valence-electron chi connectivity index (χ4n) is 2.97. The molecule has 21 heavy (non-hydrogen) atoms. The fraction of sp³-hybridized carbons (Fsp3) is 0.600. The van der Waals surface area contributed by atoms with Crippen molar-refractivity contribution in [3.63, 3.8) is 0 Å². The quantitative estimate of drug-likeness (QED) is 0.752. The van der Waals surface area contributed by atoms with Crippen molar-refractivity contribution in [1.29, 1.82) is 0 Å². The molecule has 0 radical (unpaired) electrons. The lowest BCUT2D eigenvalue weighted by molar-refractivity contribution is -0.144. The summed E-state index contributed by atoms with van der Waals surface area (Å²) in [5, 5.41) is 17.2. The number of hydrogen-bond acceptors (Lipinski definition) is 4. The number of carbonyl (C=O) groups is 2. The maximum atomic E-state index is 12.7. The van der Waals surface area contributed by atoms with Crippen LogP contribution >= 0.6 is 11.3 Å². The van der Waals surface area contributed by atoms with Gasteiger partial charge in [0.25, 0.3) is 0 Å². The zero-order valence-electron chi connectivity index (χ0n) is 12.2. The molecule has 2 heterocycles. The van der Waals surface area contributed by atoms with E-state index in [0.717, 1.165) is 38.8 Å². The Labute approximate surface area is 128 Å². The van der Waals surface area contributed by atoms with Crippen LogP contribution in [0.2, 0.25) is 0 Å². The van der Waals surface area contributed by atoms with Crippen molar-refractivity contribution in [2.24, 2.45) is 5.41 Å². The third kappa shape index (κ3) is 3.63. The Balaban J connectivity index is 2.14. The molecule has 0 aromatic carbocycles. The molecule has 1 aromatic heterocycles. The molecule has 1 saturated heterocycles. The van der Waals surface area contributed by atoms with Crippen LogP contribution in [-0.4, -0.2) is 30.1 Å². The van der Waals surface area contributed by atoms with Gasteiger partial charge in [-0.15, -0.1) is 11.3 Å². The normalized spacial score (nSPS) is 18.9. The number of thiophene rings is 1. The summed E-state index contributed by atoms with van der Waals surface area (Å²) in [7, 11) is 0. The molecule has 1 aromatic rings. The van der Waals surface area contributed by atoms with Crippen molar-refractivity contribution in [1.82, 2.24) is 10.6 Å². The van der Waals surface area contributed by atoms with E-state index in [1.165, 1.54) is 11.3 Å². The number of hydrogen-bond donors (Lipinski definition) is 3. The maximum Gasteiger partial charge on any atom is 0.331 e. The van der Waals surface area contributed by atoms with Crippen LogP contribution in [0.5, 0.6) is 0 Å². The highest BCUT2D eigenvalue weighted by Crippen LogP contribution is 2.35. The lowest BCUT2D eigenvalue weighted by atomic mass is 9.74. The second kappa shape index (κ2) is 7.04. The fourth-order valence-corrected chi connectivity index (χ4v) is 3.74. The van der Waals surface area contributed by atoms with Crippen LogP contribution in [0.25, 0.3) is 0 Å². The van der Waals surface area contributed by atoms with E-state index in [9.17, 15) is 14.7 Å². The molecule has 3 N–H and O–H groups in total. The van der Waals surface area contributed by atoms with Crippen LogP contribution < -0.4 is 10.6 Å². The molecule has 0 aliphatic carbocycles. The van der Waals surface area contributed by atoms with E-state index in [1.807, 2.05) is 5.38 Å². The monoisotopic (exact) mass is 310 g/mol. The molecule has 2 rings (SSSR count). The number of amides is 1. The molecule has 1 fully saturated rings. The van der Waals surface area contributed by atoms with Crippen LogP contribution in [0.3, 0.4) is 0 Å². The minimum absolute atomic E-state index is 0.119. The SMILES string of the molecule is CCCC1(C(=O)NC(C(=O)O)c2cccs2)CCNCC1. The van der Waals surface area contributed by atoms with Crippen molar-refractivity contribution in [2.45, 2.75) is 38.6 Å². The van der Waals surface area contributed by atoms with E-state index < -0.39 is 17.4 Å². The summed E-state index contributed by atoms with van der Waals surface area (Å²) in [4.78, 5) is 24.8. The van der Waals surface area contributed by atoms with Crippen LogP contribution in [-0.2, 0) is 9.59 Å². The van der Waals surface area contributed by atoms with Gasteiger partial charge in [0.1, 0.15) is 0 Å². The van der Waals surface area contributed by atoms with Crippen molar-refractivity contribution >= 4 is 23.2 Å². The molecule has 1 unspecified atom stereocenters. The minimum Gasteiger partial charge on any atom is -0.479 e. The highest BCUT2D eigenvalue weighted by molar-refractivity contribution is 7.10. The molecule has 0 spiro atoms. The number of aliphatic carboxylic acids is 1. The number of carbonyl (C=O) groups excluding carboxylic acids is 1. The number of piperidine rings is 1. The second-order valence-electron chi connectivity index (χ2n) is 5.54. The van der Waals surface area contributed by atoms with E-state index in [0.29, 0.717) is 4.88 Å². The first-order valence-electron chi connectivity index (χ1n) is 7.37.